The third-order valence-electron chi connectivity index (χ3n) is 3.22. The summed E-state index contributed by atoms with van der Waals surface area (Å²) in [5, 5.41) is 3.54. The van der Waals surface area contributed by atoms with E-state index in [1.165, 1.54) is 24.5 Å². The van der Waals surface area contributed by atoms with Crippen molar-refractivity contribution in [1.29, 1.82) is 0 Å². The second kappa shape index (κ2) is 7.22. The first-order chi connectivity index (χ1) is 10.3. The monoisotopic (exact) mass is 341 g/mol. The maximum atomic E-state index is 13.7. The van der Waals surface area contributed by atoms with Crippen LogP contribution in [-0.4, -0.2) is 20.4 Å². The Balaban J connectivity index is 2.18. The van der Waals surface area contributed by atoms with Crippen LogP contribution < -0.4 is 5.32 Å². The molecule has 0 spiro atoms. The van der Waals surface area contributed by atoms with Crippen molar-refractivity contribution in [3.63, 3.8) is 0 Å². The van der Waals surface area contributed by atoms with E-state index in [1.807, 2.05) is 30.3 Å². The molecule has 0 fully saturated rings. The summed E-state index contributed by atoms with van der Waals surface area (Å²) in [5.41, 5.74) is 1.25. The largest absolute Gasteiger partial charge is 0.305 e. The van der Waals surface area contributed by atoms with Crippen LogP contribution in [0, 0.1) is 5.82 Å². The molecule has 22 heavy (non-hydrogen) atoms. The molecule has 1 unspecified atom stereocenters. The Morgan fingerprint density at radius 2 is 1.86 bits per heavy atom. The van der Waals surface area contributed by atoms with E-state index in [4.69, 9.17) is 11.6 Å². The van der Waals surface area contributed by atoms with Crippen LogP contribution in [0.3, 0.4) is 0 Å². The van der Waals surface area contributed by atoms with Crippen LogP contribution in [0.4, 0.5) is 4.39 Å². The molecule has 3 nitrogen and oxygen atoms in total. The molecule has 0 aliphatic rings. The van der Waals surface area contributed by atoms with Crippen LogP contribution >= 0.6 is 11.6 Å². The lowest BCUT2D eigenvalue weighted by Crippen LogP contribution is -2.27. The molecule has 0 saturated heterocycles. The first-order valence-corrected chi connectivity index (χ1v) is 9.19. The lowest BCUT2D eigenvalue weighted by Gasteiger charge is -2.19. The van der Waals surface area contributed by atoms with E-state index < -0.39 is 15.9 Å². The molecule has 0 heterocycles. The minimum atomic E-state index is -3.18. The normalized spacial score (nSPS) is 13.0. The highest BCUT2D eigenvalue weighted by Gasteiger charge is 2.17. The van der Waals surface area contributed by atoms with Gasteiger partial charge in [0.2, 0.25) is 0 Å². The van der Waals surface area contributed by atoms with Gasteiger partial charge in [-0.15, -0.1) is 0 Å². The van der Waals surface area contributed by atoms with E-state index >= 15 is 0 Å². The van der Waals surface area contributed by atoms with Gasteiger partial charge in [-0.2, -0.15) is 0 Å². The van der Waals surface area contributed by atoms with Crippen molar-refractivity contribution in [2.24, 2.45) is 0 Å². The van der Waals surface area contributed by atoms with E-state index in [0.717, 1.165) is 5.56 Å². The van der Waals surface area contributed by atoms with E-state index in [9.17, 15) is 12.8 Å². The molecule has 0 amide bonds. The molecule has 1 atom stereocenters. The average Bonchev–Trinajstić information content (AvgIpc) is 2.46. The fourth-order valence-electron chi connectivity index (χ4n) is 2.17. The Morgan fingerprint density at radius 1 is 1.18 bits per heavy atom. The Labute approximate surface area is 135 Å². The molecule has 2 rings (SSSR count). The van der Waals surface area contributed by atoms with Crippen LogP contribution in [0.25, 0.3) is 0 Å². The van der Waals surface area contributed by atoms with E-state index in [0.29, 0.717) is 10.6 Å². The van der Waals surface area contributed by atoms with Gasteiger partial charge in [0.15, 0.2) is 0 Å². The standard InChI is InChI=1S/C16H17ClFNO2S/c1-22(20,21)11-16(12-5-3-2-4-6-12)19-10-13-9-14(17)7-8-15(13)18/h2-9,16,19H,10-11H2,1H3. The molecular formula is C16H17ClFNO2S. The van der Waals surface area contributed by atoms with E-state index in [1.54, 1.807) is 0 Å². The summed E-state index contributed by atoms with van der Waals surface area (Å²) in [6.07, 6.45) is 1.19. The summed E-state index contributed by atoms with van der Waals surface area (Å²) in [5.74, 6) is -0.429. The lowest BCUT2D eigenvalue weighted by molar-refractivity contribution is 0.534. The quantitative estimate of drug-likeness (QED) is 0.876. The number of hydrogen-bond acceptors (Lipinski definition) is 3. The number of benzene rings is 2. The van der Waals surface area contributed by atoms with E-state index in [2.05, 4.69) is 5.32 Å². The number of rotatable bonds is 6. The first-order valence-electron chi connectivity index (χ1n) is 6.75. The number of sulfone groups is 1. The molecule has 118 valence electrons. The van der Waals surface area contributed by atoms with Crippen LogP contribution in [0.1, 0.15) is 17.2 Å². The SMILES string of the molecule is CS(=O)(=O)CC(NCc1cc(Cl)ccc1F)c1ccccc1. The summed E-state index contributed by atoms with van der Waals surface area (Å²) in [6, 6.07) is 13.1. The van der Waals surface area contributed by atoms with Gasteiger partial charge >= 0.3 is 0 Å². The molecule has 0 saturated carbocycles. The summed E-state index contributed by atoms with van der Waals surface area (Å²) >= 11 is 5.87. The fraction of sp³-hybridized carbons (Fsp3) is 0.250. The Morgan fingerprint density at radius 3 is 2.50 bits per heavy atom. The van der Waals surface area contributed by atoms with Crippen molar-refractivity contribution in [1.82, 2.24) is 5.32 Å². The third kappa shape index (κ3) is 5.09. The van der Waals surface area contributed by atoms with Gasteiger partial charge in [0, 0.05) is 29.4 Å². The second-order valence-corrected chi connectivity index (χ2v) is 7.79. The molecule has 1 N–H and O–H groups in total. The molecule has 0 aliphatic heterocycles. The molecule has 2 aromatic carbocycles. The minimum absolute atomic E-state index is 0.0564. The summed E-state index contributed by atoms with van der Waals surface area (Å²) in [7, 11) is -3.18. The predicted molar refractivity (Wildman–Crippen MR) is 87.1 cm³/mol. The smallest absolute Gasteiger partial charge is 0.149 e. The van der Waals surface area contributed by atoms with Crippen molar-refractivity contribution in [2.75, 3.05) is 12.0 Å². The zero-order valence-electron chi connectivity index (χ0n) is 12.1. The van der Waals surface area contributed by atoms with Crippen molar-refractivity contribution in [2.45, 2.75) is 12.6 Å². The maximum absolute atomic E-state index is 13.7. The van der Waals surface area contributed by atoms with Gasteiger partial charge in [-0.05, 0) is 23.8 Å². The van der Waals surface area contributed by atoms with Gasteiger partial charge in [0.05, 0.1) is 5.75 Å². The van der Waals surface area contributed by atoms with Crippen LogP contribution in [0.5, 0.6) is 0 Å². The van der Waals surface area contributed by atoms with Crippen molar-refractivity contribution >= 4 is 21.4 Å². The molecule has 0 aromatic heterocycles. The lowest BCUT2D eigenvalue weighted by atomic mass is 10.1. The third-order valence-corrected chi connectivity index (χ3v) is 4.39. The summed E-state index contributed by atoms with van der Waals surface area (Å²) < 4.78 is 37.0. The minimum Gasteiger partial charge on any atom is -0.305 e. The summed E-state index contributed by atoms with van der Waals surface area (Å²) in [6.45, 7) is 0.196. The molecule has 0 radical (unpaired) electrons. The zero-order valence-corrected chi connectivity index (χ0v) is 13.7. The van der Waals surface area contributed by atoms with Gasteiger partial charge in [-0.1, -0.05) is 41.9 Å². The molecular weight excluding hydrogens is 325 g/mol. The van der Waals surface area contributed by atoms with Crippen LogP contribution in [0.2, 0.25) is 5.02 Å². The van der Waals surface area contributed by atoms with E-state index in [-0.39, 0.29) is 18.1 Å². The Kier molecular flexibility index (Phi) is 5.56. The van der Waals surface area contributed by atoms with Crippen LogP contribution in [0.15, 0.2) is 48.5 Å². The number of halogens is 2. The first kappa shape index (κ1) is 16.9. The highest BCUT2D eigenvalue weighted by molar-refractivity contribution is 7.90. The van der Waals surface area contributed by atoms with Crippen LogP contribution in [-0.2, 0) is 16.4 Å². The van der Waals surface area contributed by atoms with Crippen molar-refractivity contribution < 1.29 is 12.8 Å². The van der Waals surface area contributed by atoms with Crippen molar-refractivity contribution in [3.05, 3.63) is 70.5 Å². The second-order valence-electron chi connectivity index (χ2n) is 5.17. The Bertz CT molecular complexity index is 735. The number of hydrogen-bond donors (Lipinski definition) is 1. The molecule has 0 bridgehead atoms. The number of nitrogens with one attached hydrogen (secondary N) is 1. The van der Waals surface area contributed by atoms with Gasteiger partial charge in [-0.3, -0.25) is 0 Å². The van der Waals surface area contributed by atoms with Crippen molar-refractivity contribution in [3.8, 4) is 0 Å². The molecule has 0 aliphatic carbocycles. The molecule has 2 aromatic rings. The highest BCUT2D eigenvalue weighted by atomic mass is 35.5. The summed E-state index contributed by atoms with van der Waals surface area (Å²) in [4.78, 5) is 0. The van der Waals surface area contributed by atoms with Gasteiger partial charge in [-0.25, -0.2) is 12.8 Å². The highest BCUT2D eigenvalue weighted by Crippen LogP contribution is 2.18. The predicted octanol–water partition coefficient (Wildman–Crippen LogP) is 3.35. The zero-order chi connectivity index (χ0) is 16.2. The molecule has 6 heteroatoms. The average molecular weight is 342 g/mol. The fourth-order valence-corrected chi connectivity index (χ4v) is 3.28. The van der Waals surface area contributed by atoms with Gasteiger partial charge in [0.25, 0.3) is 0 Å². The van der Waals surface area contributed by atoms with Gasteiger partial charge in [0.1, 0.15) is 15.7 Å². The van der Waals surface area contributed by atoms with Gasteiger partial charge < -0.3 is 5.32 Å². The topological polar surface area (TPSA) is 46.2 Å². The Hall–Kier alpha value is -1.43. The maximum Gasteiger partial charge on any atom is 0.149 e.